The van der Waals surface area contributed by atoms with Gasteiger partial charge in [0.25, 0.3) is 11.6 Å². The maximum absolute atomic E-state index is 12.5. The normalized spacial score (nSPS) is 16.1. The van der Waals surface area contributed by atoms with Crippen molar-refractivity contribution in [3.63, 3.8) is 0 Å². The number of carbonyl (C=O) groups excluding carboxylic acids is 1. The van der Waals surface area contributed by atoms with E-state index in [1.165, 1.54) is 0 Å². The van der Waals surface area contributed by atoms with E-state index < -0.39 is 0 Å². The van der Waals surface area contributed by atoms with Crippen molar-refractivity contribution in [1.29, 1.82) is 0 Å². The molecule has 0 aliphatic carbocycles. The molecular weight excluding hydrogens is 282 g/mol. The molecule has 118 valence electrons. The molecule has 2 aromatic heterocycles. The number of nitrogens with zero attached hydrogens (tertiary/aromatic N) is 3. The van der Waals surface area contributed by atoms with E-state index >= 15 is 0 Å². The van der Waals surface area contributed by atoms with E-state index in [0.29, 0.717) is 28.9 Å². The molecule has 7 nitrogen and oxygen atoms in total. The molecule has 1 aliphatic heterocycles. The fourth-order valence-corrected chi connectivity index (χ4v) is 2.75. The van der Waals surface area contributed by atoms with Gasteiger partial charge in [-0.3, -0.25) is 9.69 Å². The van der Waals surface area contributed by atoms with Crippen molar-refractivity contribution in [3.05, 3.63) is 23.0 Å². The Morgan fingerprint density at radius 3 is 2.95 bits per heavy atom. The van der Waals surface area contributed by atoms with E-state index in [4.69, 9.17) is 4.52 Å². The third kappa shape index (κ3) is 3.10. The molecule has 0 radical (unpaired) electrons. The van der Waals surface area contributed by atoms with E-state index in [1.807, 2.05) is 13.8 Å². The van der Waals surface area contributed by atoms with Crippen LogP contribution in [0.5, 0.6) is 0 Å². The minimum atomic E-state index is -0.100. The van der Waals surface area contributed by atoms with Crippen LogP contribution in [0.1, 0.15) is 21.7 Å². The van der Waals surface area contributed by atoms with Crippen LogP contribution >= 0.6 is 0 Å². The topological polar surface area (TPSA) is 83.3 Å². The minimum Gasteiger partial charge on any atom is -0.351 e. The number of pyridine rings is 1. The zero-order valence-corrected chi connectivity index (χ0v) is 13.0. The number of aryl methyl sites for hydroxylation is 2. The van der Waals surface area contributed by atoms with Gasteiger partial charge in [-0.15, -0.1) is 0 Å². The second kappa shape index (κ2) is 6.41. The number of amides is 1. The maximum Gasteiger partial charge on any atom is 0.258 e. The van der Waals surface area contributed by atoms with Gasteiger partial charge in [0.1, 0.15) is 0 Å². The zero-order valence-electron chi connectivity index (χ0n) is 13.0. The van der Waals surface area contributed by atoms with E-state index in [-0.39, 0.29) is 5.91 Å². The van der Waals surface area contributed by atoms with Gasteiger partial charge in [0, 0.05) is 45.0 Å². The largest absolute Gasteiger partial charge is 0.351 e. The molecule has 3 rings (SSSR count). The number of piperazine rings is 1. The molecular formula is C15H21N5O2. The molecule has 0 atom stereocenters. The van der Waals surface area contributed by atoms with Gasteiger partial charge in [0.15, 0.2) is 0 Å². The summed E-state index contributed by atoms with van der Waals surface area (Å²) < 4.78 is 5.16. The number of carbonyl (C=O) groups is 1. The van der Waals surface area contributed by atoms with Crippen LogP contribution in [0.3, 0.4) is 0 Å². The van der Waals surface area contributed by atoms with Crippen LogP contribution in [-0.4, -0.2) is 60.2 Å². The molecule has 1 amide bonds. The predicted octanol–water partition coefficient (Wildman–Crippen LogP) is 0.475. The molecule has 0 bridgehead atoms. The Hall–Kier alpha value is -1.99. The quantitative estimate of drug-likeness (QED) is 0.854. The van der Waals surface area contributed by atoms with Gasteiger partial charge in [0.05, 0.1) is 16.6 Å². The van der Waals surface area contributed by atoms with Crippen molar-refractivity contribution in [2.45, 2.75) is 13.8 Å². The third-order valence-corrected chi connectivity index (χ3v) is 3.91. The van der Waals surface area contributed by atoms with Gasteiger partial charge >= 0.3 is 0 Å². The van der Waals surface area contributed by atoms with E-state index in [9.17, 15) is 4.79 Å². The SMILES string of the molecule is Cc1cc(C(=O)NCCN2CCNCC2)c2c(C)noc2n1. The molecule has 2 N–H and O–H groups in total. The lowest BCUT2D eigenvalue weighted by Crippen LogP contribution is -2.46. The molecule has 3 heterocycles. The summed E-state index contributed by atoms with van der Waals surface area (Å²) in [5, 5.41) is 10.9. The first-order valence-corrected chi connectivity index (χ1v) is 7.60. The van der Waals surface area contributed by atoms with Gasteiger partial charge in [-0.1, -0.05) is 5.16 Å². The Bertz CT molecular complexity index is 676. The molecule has 0 unspecified atom stereocenters. The van der Waals surface area contributed by atoms with Crippen LogP contribution in [0.2, 0.25) is 0 Å². The number of hydrogen-bond acceptors (Lipinski definition) is 6. The summed E-state index contributed by atoms with van der Waals surface area (Å²) in [5.41, 5.74) is 2.44. The summed E-state index contributed by atoms with van der Waals surface area (Å²) in [7, 11) is 0. The van der Waals surface area contributed by atoms with Crippen LogP contribution < -0.4 is 10.6 Å². The van der Waals surface area contributed by atoms with Crippen molar-refractivity contribution >= 4 is 17.0 Å². The van der Waals surface area contributed by atoms with Crippen LogP contribution in [0.15, 0.2) is 10.6 Å². The average molecular weight is 303 g/mol. The standard InChI is InChI=1S/C15H21N5O2/c1-10-9-12(13-11(2)19-22-15(13)18-10)14(21)17-5-8-20-6-3-16-4-7-20/h9,16H,3-8H2,1-2H3,(H,17,21). The van der Waals surface area contributed by atoms with Crippen LogP contribution in [0, 0.1) is 13.8 Å². The Morgan fingerprint density at radius 2 is 2.18 bits per heavy atom. The summed E-state index contributed by atoms with van der Waals surface area (Å²) in [6.45, 7) is 9.24. The Labute approximate surface area is 129 Å². The molecule has 1 fully saturated rings. The predicted molar refractivity (Wildman–Crippen MR) is 82.9 cm³/mol. The molecule has 22 heavy (non-hydrogen) atoms. The molecule has 0 spiro atoms. The lowest BCUT2D eigenvalue weighted by atomic mass is 10.1. The maximum atomic E-state index is 12.5. The van der Waals surface area contributed by atoms with Gasteiger partial charge in [0.2, 0.25) is 0 Å². The summed E-state index contributed by atoms with van der Waals surface area (Å²) in [5.74, 6) is -0.100. The van der Waals surface area contributed by atoms with Crippen molar-refractivity contribution in [2.24, 2.45) is 0 Å². The number of hydrogen-bond donors (Lipinski definition) is 2. The average Bonchev–Trinajstić information content (AvgIpc) is 2.88. The Morgan fingerprint density at radius 1 is 1.41 bits per heavy atom. The second-order valence-electron chi connectivity index (χ2n) is 5.61. The molecule has 1 saturated heterocycles. The van der Waals surface area contributed by atoms with Crippen LogP contribution in [-0.2, 0) is 0 Å². The number of aromatic nitrogens is 2. The van der Waals surface area contributed by atoms with E-state index in [2.05, 4.69) is 25.7 Å². The highest BCUT2D eigenvalue weighted by Crippen LogP contribution is 2.21. The number of rotatable bonds is 4. The highest BCUT2D eigenvalue weighted by atomic mass is 16.5. The monoisotopic (exact) mass is 303 g/mol. The third-order valence-electron chi connectivity index (χ3n) is 3.91. The fraction of sp³-hybridized carbons (Fsp3) is 0.533. The van der Waals surface area contributed by atoms with Crippen molar-refractivity contribution in [3.8, 4) is 0 Å². The van der Waals surface area contributed by atoms with E-state index in [1.54, 1.807) is 6.07 Å². The molecule has 0 saturated carbocycles. The first-order valence-electron chi connectivity index (χ1n) is 7.60. The van der Waals surface area contributed by atoms with Gasteiger partial charge in [-0.2, -0.15) is 0 Å². The molecule has 1 aliphatic rings. The first-order chi connectivity index (χ1) is 10.6. The number of nitrogens with one attached hydrogen (secondary N) is 2. The summed E-state index contributed by atoms with van der Waals surface area (Å²) >= 11 is 0. The van der Waals surface area contributed by atoms with Gasteiger partial charge in [-0.25, -0.2) is 4.98 Å². The zero-order chi connectivity index (χ0) is 15.5. The van der Waals surface area contributed by atoms with Crippen LogP contribution in [0.4, 0.5) is 0 Å². The van der Waals surface area contributed by atoms with Crippen LogP contribution in [0.25, 0.3) is 11.1 Å². The van der Waals surface area contributed by atoms with Gasteiger partial charge < -0.3 is 15.2 Å². The highest BCUT2D eigenvalue weighted by molar-refractivity contribution is 6.06. The highest BCUT2D eigenvalue weighted by Gasteiger charge is 2.18. The fourth-order valence-electron chi connectivity index (χ4n) is 2.75. The summed E-state index contributed by atoms with van der Waals surface area (Å²) in [6.07, 6.45) is 0. The summed E-state index contributed by atoms with van der Waals surface area (Å²) in [4.78, 5) is 19.1. The Kier molecular flexibility index (Phi) is 4.35. The smallest absolute Gasteiger partial charge is 0.258 e. The van der Waals surface area contributed by atoms with E-state index in [0.717, 1.165) is 38.4 Å². The van der Waals surface area contributed by atoms with Gasteiger partial charge in [-0.05, 0) is 19.9 Å². The molecule has 2 aromatic rings. The summed E-state index contributed by atoms with van der Waals surface area (Å²) in [6, 6.07) is 1.78. The van der Waals surface area contributed by atoms with Crippen molar-refractivity contribution < 1.29 is 9.32 Å². The van der Waals surface area contributed by atoms with Crippen molar-refractivity contribution in [2.75, 3.05) is 39.3 Å². The lowest BCUT2D eigenvalue weighted by Gasteiger charge is -2.27. The minimum absolute atomic E-state index is 0.100. The molecule has 0 aromatic carbocycles. The number of fused-ring (bicyclic) bond motifs is 1. The second-order valence-corrected chi connectivity index (χ2v) is 5.61. The lowest BCUT2D eigenvalue weighted by molar-refractivity contribution is 0.0948. The van der Waals surface area contributed by atoms with Crippen molar-refractivity contribution in [1.82, 2.24) is 25.7 Å². The first kappa shape index (κ1) is 14.9. The Balaban J connectivity index is 1.68. The molecule has 7 heteroatoms.